The largest absolute Gasteiger partial charge is 0.392 e. The maximum absolute atomic E-state index is 14.2. The Morgan fingerprint density at radius 3 is 2.44 bits per heavy atom. The Kier molecular flexibility index (Phi) is 8.47. The summed E-state index contributed by atoms with van der Waals surface area (Å²) >= 11 is 0. The molecule has 11 rings (SSSR count). The van der Waals surface area contributed by atoms with Crippen molar-refractivity contribution in [2.45, 2.75) is 174 Å². The molecule has 7 fully saturated rings. The average Bonchev–Trinajstić information content (AvgIpc) is 3.93. The molecule has 0 radical (unpaired) electrons. The molecule has 0 amide bonds. The van der Waals surface area contributed by atoms with E-state index in [-0.39, 0.29) is 46.7 Å². The van der Waals surface area contributed by atoms with E-state index < -0.39 is 34.7 Å². The first-order valence-electron chi connectivity index (χ1n) is 23.7. The topological polar surface area (TPSA) is 116 Å². The van der Waals surface area contributed by atoms with Gasteiger partial charge in [0.2, 0.25) is 0 Å². The molecule has 0 saturated heterocycles. The molecule has 7 heteroatoms. The fourth-order valence-corrected chi connectivity index (χ4v) is 18.3. The number of fused-ring (bicyclic) bond motifs is 5. The lowest BCUT2D eigenvalue weighted by atomic mass is 9.38. The molecule has 15 unspecified atom stereocenters. The Balaban J connectivity index is 1.00. The van der Waals surface area contributed by atoms with Crippen LogP contribution in [0, 0.1) is 74.9 Å². The van der Waals surface area contributed by atoms with Gasteiger partial charge in [-0.1, -0.05) is 62.8 Å². The van der Waals surface area contributed by atoms with Crippen LogP contribution in [0.25, 0.3) is 0 Å². The highest BCUT2D eigenvalue weighted by Gasteiger charge is 2.73. The number of carbonyl (C=O) groups excluding carboxylic acids is 1. The number of ketones is 1. The van der Waals surface area contributed by atoms with E-state index in [2.05, 4.69) is 43.4 Å². The third-order valence-corrected chi connectivity index (χ3v) is 20.5. The van der Waals surface area contributed by atoms with Crippen molar-refractivity contribution in [1.82, 2.24) is 9.55 Å². The highest BCUT2D eigenvalue weighted by molar-refractivity contribution is 5.95. The molecule has 0 aliphatic heterocycles. The summed E-state index contributed by atoms with van der Waals surface area (Å²) < 4.78 is 2.23. The number of carbonyl (C=O) groups is 1. The summed E-state index contributed by atoms with van der Waals surface area (Å²) in [5.74, 6) is 1.31. The van der Waals surface area contributed by atoms with Gasteiger partial charge in [0.05, 0.1) is 30.2 Å². The molecule has 7 saturated carbocycles. The zero-order valence-electron chi connectivity index (χ0n) is 35.3. The maximum Gasteiger partial charge on any atom is 0.159 e. The summed E-state index contributed by atoms with van der Waals surface area (Å²) in [5, 5.41) is 49.1. The minimum atomic E-state index is -1.11. The molecule has 7 nitrogen and oxygen atoms in total. The number of aryl methyl sites for hydroxylation is 1. The van der Waals surface area contributed by atoms with Crippen molar-refractivity contribution in [2.24, 2.45) is 74.9 Å². The first-order valence-corrected chi connectivity index (χ1v) is 23.7. The molecular formula is C50H70N2O5. The smallest absolute Gasteiger partial charge is 0.159 e. The van der Waals surface area contributed by atoms with E-state index in [1.54, 1.807) is 22.3 Å². The summed E-state index contributed by atoms with van der Waals surface area (Å²) in [6.45, 7) is 10.5. The van der Waals surface area contributed by atoms with Crippen molar-refractivity contribution in [3.63, 3.8) is 0 Å². The number of aliphatic hydroxyl groups is 4. The van der Waals surface area contributed by atoms with Gasteiger partial charge in [-0.2, -0.15) is 0 Å². The monoisotopic (exact) mass is 779 g/mol. The zero-order chi connectivity index (χ0) is 39.4. The van der Waals surface area contributed by atoms with E-state index in [1.807, 2.05) is 18.6 Å². The van der Waals surface area contributed by atoms with Gasteiger partial charge in [0.1, 0.15) is 0 Å². The highest BCUT2D eigenvalue weighted by Crippen LogP contribution is 2.75. The van der Waals surface area contributed by atoms with E-state index in [0.29, 0.717) is 36.0 Å². The van der Waals surface area contributed by atoms with Crippen LogP contribution < -0.4 is 0 Å². The van der Waals surface area contributed by atoms with Crippen LogP contribution in [-0.4, -0.2) is 59.7 Å². The summed E-state index contributed by atoms with van der Waals surface area (Å²) in [5.41, 5.74) is 5.98. The van der Waals surface area contributed by atoms with E-state index >= 15 is 0 Å². The normalized spacial score (nSPS) is 48.4. The minimum absolute atomic E-state index is 0.0433. The first-order chi connectivity index (χ1) is 27.2. The molecule has 0 bridgehead atoms. The van der Waals surface area contributed by atoms with Crippen LogP contribution in [-0.2, 0) is 11.3 Å². The van der Waals surface area contributed by atoms with Gasteiger partial charge in [0, 0.05) is 42.1 Å². The number of hydrogen-bond donors (Lipinski definition) is 4. The van der Waals surface area contributed by atoms with E-state index in [0.717, 1.165) is 50.6 Å². The molecule has 10 aliphatic rings. The average molecular weight is 779 g/mol. The third-order valence-electron chi connectivity index (χ3n) is 20.5. The summed E-state index contributed by atoms with van der Waals surface area (Å²) in [6, 6.07) is 0. The molecule has 57 heavy (non-hydrogen) atoms. The predicted molar refractivity (Wildman–Crippen MR) is 219 cm³/mol. The van der Waals surface area contributed by atoms with Crippen LogP contribution in [0.15, 0.2) is 52.7 Å². The molecular weight excluding hydrogens is 709 g/mol. The quantitative estimate of drug-likeness (QED) is 0.223. The standard InChI is InChI=1S/C50H70N2O5/c1-46(2,19-21-52-22-20-51-27-52)43-31-11-8-17-49(15-5-6-16-49)42(31)30-10-7-9-28-23-32(44(55)40(43)39(28)30)33-14-18-50(57)36-25-37(53)35-24-38(54)45(56)34-13-12-29(26-47(33,50)3)41(36)48(34,35)4/h20,22,25,27-29,32-35,38,40-42,44-45,54-57H,5-19,21,23-24,26H2,1-4H3. The second kappa shape index (κ2) is 12.7. The number of hydrogen-bond acceptors (Lipinski definition) is 6. The van der Waals surface area contributed by atoms with Crippen molar-refractivity contribution in [3.05, 3.63) is 52.7 Å². The van der Waals surface area contributed by atoms with Gasteiger partial charge in [0.15, 0.2) is 5.78 Å². The molecule has 1 aromatic heterocycles. The van der Waals surface area contributed by atoms with Gasteiger partial charge in [-0.15, -0.1) is 0 Å². The molecule has 4 N–H and O–H groups in total. The Hall–Kier alpha value is -2.06. The Labute approximate surface area is 340 Å². The summed E-state index contributed by atoms with van der Waals surface area (Å²) in [7, 11) is 0. The number of aromatic nitrogens is 2. The molecule has 1 spiro atoms. The highest BCUT2D eigenvalue weighted by atomic mass is 16.3. The number of imidazole rings is 1. The molecule has 15 atom stereocenters. The molecule has 0 aromatic carbocycles. The van der Waals surface area contributed by atoms with Gasteiger partial charge in [0.25, 0.3) is 0 Å². The van der Waals surface area contributed by atoms with Crippen molar-refractivity contribution in [3.8, 4) is 0 Å². The predicted octanol–water partition coefficient (Wildman–Crippen LogP) is 8.51. The van der Waals surface area contributed by atoms with E-state index in [4.69, 9.17) is 0 Å². The van der Waals surface area contributed by atoms with Crippen molar-refractivity contribution in [1.29, 1.82) is 0 Å². The van der Waals surface area contributed by atoms with Gasteiger partial charge in [-0.25, -0.2) is 4.98 Å². The lowest BCUT2D eigenvalue weighted by molar-refractivity contribution is -0.205. The number of aliphatic hydroxyl groups excluding tert-OH is 3. The summed E-state index contributed by atoms with van der Waals surface area (Å²) in [6.07, 6.45) is 25.0. The summed E-state index contributed by atoms with van der Waals surface area (Å²) in [4.78, 5) is 18.6. The Bertz CT molecular complexity index is 1920. The lowest BCUT2D eigenvalue weighted by Crippen LogP contribution is -2.68. The van der Waals surface area contributed by atoms with Crippen molar-refractivity contribution >= 4 is 5.78 Å². The minimum Gasteiger partial charge on any atom is -0.392 e. The fraction of sp³-hybridized carbons (Fsp3) is 0.800. The number of rotatable bonds is 5. The third kappa shape index (κ3) is 4.92. The van der Waals surface area contributed by atoms with Crippen molar-refractivity contribution in [2.75, 3.05) is 0 Å². The van der Waals surface area contributed by atoms with Crippen LogP contribution >= 0.6 is 0 Å². The molecule has 310 valence electrons. The van der Waals surface area contributed by atoms with Gasteiger partial charge < -0.3 is 25.0 Å². The Morgan fingerprint density at radius 2 is 1.67 bits per heavy atom. The van der Waals surface area contributed by atoms with Gasteiger partial charge in [-0.05, 0) is 166 Å². The van der Waals surface area contributed by atoms with Crippen LogP contribution in [0.3, 0.4) is 0 Å². The fourth-order valence-electron chi connectivity index (χ4n) is 18.3. The Morgan fingerprint density at radius 1 is 0.895 bits per heavy atom. The first kappa shape index (κ1) is 37.9. The van der Waals surface area contributed by atoms with Crippen LogP contribution in [0.1, 0.15) is 143 Å². The molecule has 10 aliphatic carbocycles. The van der Waals surface area contributed by atoms with Crippen molar-refractivity contribution < 1.29 is 25.2 Å². The number of nitrogens with zero attached hydrogens (tertiary/aromatic N) is 2. The zero-order valence-corrected chi connectivity index (χ0v) is 35.3. The lowest BCUT2D eigenvalue weighted by Gasteiger charge is -2.67. The van der Waals surface area contributed by atoms with E-state index in [1.165, 1.54) is 64.2 Å². The molecule has 1 aromatic rings. The number of allylic oxidation sites excluding steroid dienone is 3. The van der Waals surface area contributed by atoms with Crippen LogP contribution in [0.2, 0.25) is 0 Å². The van der Waals surface area contributed by atoms with E-state index in [9.17, 15) is 25.2 Å². The second-order valence-electron chi connectivity index (χ2n) is 22.9. The SMILES string of the molecule is CC(C)(CCn1ccnc1)C1=C2CCCC3(CCCC3)C2C2=C3C(CCC2)CC(C2CCC4(O)C5=CC(=O)C6CC(O)C(O)C7CCC(CC24C)C5C67C)C(O)C31. The van der Waals surface area contributed by atoms with Crippen LogP contribution in [0.4, 0.5) is 0 Å². The maximum atomic E-state index is 14.2. The van der Waals surface area contributed by atoms with Gasteiger partial charge in [-0.3, -0.25) is 4.79 Å². The second-order valence-corrected chi connectivity index (χ2v) is 22.9. The van der Waals surface area contributed by atoms with Crippen LogP contribution in [0.5, 0.6) is 0 Å². The molecule has 1 heterocycles. The van der Waals surface area contributed by atoms with Gasteiger partial charge >= 0.3 is 0 Å².